The van der Waals surface area contributed by atoms with Crippen molar-refractivity contribution in [2.75, 3.05) is 6.61 Å². The summed E-state index contributed by atoms with van der Waals surface area (Å²) in [5.41, 5.74) is -1.31. The van der Waals surface area contributed by atoms with Crippen LogP contribution in [0.25, 0.3) is 0 Å². The van der Waals surface area contributed by atoms with Gasteiger partial charge < -0.3 is 0 Å². The average Bonchev–Trinajstić information content (AvgIpc) is 2.73. The number of alkyl halides is 1. The molecule has 0 amide bonds. The van der Waals surface area contributed by atoms with Crippen molar-refractivity contribution in [2.45, 2.75) is 154 Å². The zero-order valence-corrected chi connectivity index (χ0v) is 20.6. The summed E-state index contributed by atoms with van der Waals surface area (Å²) in [5, 5.41) is 0. The van der Waals surface area contributed by atoms with Crippen molar-refractivity contribution in [3.8, 4) is 0 Å². The van der Waals surface area contributed by atoms with Crippen LogP contribution < -0.4 is 0 Å². The topological polar surface area (TPSA) is 26.3 Å². The summed E-state index contributed by atoms with van der Waals surface area (Å²) >= 11 is -1.76. The van der Waals surface area contributed by atoms with Gasteiger partial charge in [0.1, 0.15) is 0 Å². The van der Waals surface area contributed by atoms with E-state index in [2.05, 4.69) is 13.8 Å². The second-order valence-electron chi connectivity index (χ2n) is 8.65. The fourth-order valence-corrected chi connectivity index (χ4v) is 4.48. The maximum atomic E-state index is 13.8. The summed E-state index contributed by atoms with van der Waals surface area (Å²) in [6, 6.07) is 0. The summed E-state index contributed by atoms with van der Waals surface area (Å²) in [4.78, 5) is 0. The Balaban J connectivity index is 0. The van der Waals surface area contributed by atoms with Gasteiger partial charge >= 0.3 is 29.6 Å². The Morgan fingerprint density at radius 2 is 0.933 bits per heavy atom. The minimum atomic E-state index is -1.76. The van der Waals surface area contributed by atoms with Crippen LogP contribution in [0.15, 0.2) is 0 Å². The molecule has 0 heterocycles. The first-order valence-electron chi connectivity index (χ1n) is 12.9. The predicted octanol–water partition coefficient (Wildman–Crippen LogP) is 8.55. The average molecular weight is 459 g/mol. The van der Waals surface area contributed by atoms with E-state index in [1.807, 2.05) is 0 Å². The Hall–Kier alpha value is 1.04. The normalized spacial score (nSPS) is 13.2. The van der Waals surface area contributed by atoms with Crippen LogP contribution in [-0.2, 0) is 15.3 Å². The molecule has 0 N–H and O–H groups in total. The molecule has 5 heteroatoms. The van der Waals surface area contributed by atoms with Crippen LogP contribution >= 0.6 is 0 Å². The Kier molecular flexibility index (Phi) is 31.1. The molecule has 0 rings (SSSR count). The van der Waals surface area contributed by atoms with E-state index >= 15 is 0 Å². The number of unbranched alkanes of at least 4 members (excludes halogenated alkanes) is 18. The summed E-state index contributed by atoms with van der Waals surface area (Å²) in [6.45, 7) is 4.87. The molecular weight excluding hydrogens is 406 g/mol. The second kappa shape index (κ2) is 28.1. The van der Waals surface area contributed by atoms with Gasteiger partial charge in [-0.15, -0.1) is 0 Å². The van der Waals surface area contributed by atoms with Gasteiger partial charge in [-0.1, -0.05) is 129 Å². The van der Waals surface area contributed by atoms with Crippen molar-refractivity contribution in [3.05, 3.63) is 0 Å². The second-order valence-corrected chi connectivity index (χ2v) is 9.91. The van der Waals surface area contributed by atoms with Gasteiger partial charge in [0, 0.05) is 0 Å². The van der Waals surface area contributed by atoms with Gasteiger partial charge in [-0.05, 0) is 19.3 Å². The van der Waals surface area contributed by atoms with Crippen molar-refractivity contribution < 1.29 is 12.8 Å². The van der Waals surface area contributed by atoms with Gasteiger partial charge in [-0.3, -0.25) is 4.18 Å². The van der Waals surface area contributed by atoms with E-state index in [1.54, 1.807) is 0 Å². The fraction of sp³-hybridized carbons (Fsp3) is 1.00. The molecule has 0 aliphatic heterocycles. The van der Waals surface area contributed by atoms with E-state index in [0.29, 0.717) is 13.0 Å². The van der Waals surface area contributed by atoms with E-state index in [0.717, 1.165) is 32.1 Å². The zero-order chi connectivity index (χ0) is 21.4. The van der Waals surface area contributed by atoms with Crippen molar-refractivity contribution in [1.29, 1.82) is 0 Å². The third-order valence-corrected chi connectivity index (χ3v) is 6.74. The van der Waals surface area contributed by atoms with Crippen LogP contribution in [0.4, 0.5) is 4.39 Å². The van der Waals surface area contributed by atoms with Gasteiger partial charge in [-0.2, -0.15) is 0 Å². The minimum absolute atomic E-state index is 0. The van der Waals surface area contributed by atoms with Crippen LogP contribution in [-0.4, -0.2) is 45.9 Å². The molecule has 0 saturated carbocycles. The molecule has 0 aromatic heterocycles. The van der Waals surface area contributed by atoms with Gasteiger partial charge in [-0.25, -0.2) is 8.60 Å². The summed E-state index contributed by atoms with van der Waals surface area (Å²) < 4.78 is 30.7. The van der Waals surface area contributed by atoms with Gasteiger partial charge in [0.05, 0.1) is 6.61 Å². The maximum absolute atomic E-state index is 13.8. The van der Waals surface area contributed by atoms with Gasteiger partial charge in [0.25, 0.3) is 0 Å². The summed E-state index contributed by atoms with van der Waals surface area (Å²) in [7, 11) is 0. The van der Waals surface area contributed by atoms with E-state index in [1.165, 1.54) is 96.3 Å². The Bertz CT molecular complexity index is 345. The molecule has 0 spiro atoms. The molecule has 0 aromatic rings. The standard InChI is InChI=1S/C25H51FO2S.Na.H/c1-3-5-7-9-10-11-12-13-14-15-16-17-18-20-22-24-28-29(27)25(26)23-21-19-8-6-4-2;;/h25H,3-24H2,1-2H3;;. The first-order valence-corrected chi connectivity index (χ1v) is 14.0. The van der Waals surface area contributed by atoms with Crippen molar-refractivity contribution in [2.24, 2.45) is 0 Å². The fourth-order valence-electron chi connectivity index (χ4n) is 3.69. The Morgan fingerprint density at radius 1 is 0.600 bits per heavy atom. The van der Waals surface area contributed by atoms with E-state index in [4.69, 9.17) is 4.18 Å². The molecule has 0 bridgehead atoms. The van der Waals surface area contributed by atoms with Crippen molar-refractivity contribution in [3.63, 3.8) is 0 Å². The first-order chi connectivity index (χ1) is 14.2. The first kappa shape index (κ1) is 33.2. The van der Waals surface area contributed by atoms with Gasteiger partial charge in [0.2, 0.25) is 0 Å². The van der Waals surface area contributed by atoms with Crippen LogP contribution in [0.2, 0.25) is 0 Å². The zero-order valence-electron chi connectivity index (χ0n) is 19.7. The Morgan fingerprint density at radius 3 is 1.33 bits per heavy atom. The van der Waals surface area contributed by atoms with Crippen LogP contribution in [0.1, 0.15) is 149 Å². The van der Waals surface area contributed by atoms with E-state index in [9.17, 15) is 8.60 Å². The molecule has 0 fully saturated rings. The van der Waals surface area contributed by atoms with E-state index < -0.39 is 16.6 Å². The number of hydrogen-bond acceptors (Lipinski definition) is 2. The molecule has 0 saturated heterocycles. The van der Waals surface area contributed by atoms with Crippen LogP contribution in [0.3, 0.4) is 0 Å². The molecular formula is C25H52FNaO2S. The van der Waals surface area contributed by atoms with Crippen LogP contribution in [0.5, 0.6) is 0 Å². The number of rotatable bonds is 24. The van der Waals surface area contributed by atoms with Gasteiger partial charge in [0.15, 0.2) is 16.6 Å². The molecule has 30 heavy (non-hydrogen) atoms. The molecule has 2 atom stereocenters. The Labute approximate surface area is 213 Å². The summed E-state index contributed by atoms with van der Waals surface area (Å²) in [5.74, 6) is 0. The predicted molar refractivity (Wildman–Crippen MR) is 134 cm³/mol. The molecule has 0 aromatic carbocycles. The quantitative estimate of drug-likeness (QED) is 0.107. The van der Waals surface area contributed by atoms with E-state index in [-0.39, 0.29) is 29.6 Å². The molecule has 0 aliphatic rings. The molecule has 0 radical (unpaired) electrons. The van der Waals surface area contributed by atoms with Crippen molar-refractivity contribution >= 4 is 40.6 Å². The van der Waals surface area contributed by atoms with Crippen LogP contribution in [0, 0.1) is 0 Å². The van der Waals surface area contributed by atoms with Crippen molar-refractivity contribution in [1.82, 2.24) is 0 Å². The number of halogens is 1. The third-order valence-electron chi connectivity index (χ3n) is 5.69. The summed E-state index contributed by atoms with van der Waals surface area (Å²) in [6.07, 6.45) is 25.6. The SMILES string of the molecule is CCCCCCCCCCCCCCCCCOS(=O)C(F)CCCCCCC.[NaH]. The third kappa shape index (κ3) is 25.3. The molecule has 2 unspecified atom stereocenters. The molecule has 2 nitrogen and oxygen atoms in total. The number of hydrogen-bond donors (Lipinski definition) is 0. The molecule has 0 aliphatic carbocycles. The monoisotopic (exact) mass is 458 g/mol. The molecule has 178 valence electrons.